The van der Waals surface area contributed by atoms with Gasteiger partial charge in [-0.2, -0.15) is 0 Å². The van der Waals surface area contributed by atoms with E-state index in [1.165, 1.54) is 0 Å². The van der Waals surface area contributed by atoms with Crippen molar-refractivity contribution < 1.29 is 14.6 Å². The van der Waals surface area contributed by atoms with Crippen LogP contribution in [-0.2, 0) is 11.3 Å². The number of phenolic OH excluding ortho intramolecular Hbond substituents is 1. The Labute approximate surface area is 131 Å². The van der Waals surface area contributed by atoms with Crippen LogP contribution in [0.5, 0.6) is 5.75 Å². The van der Waals surface area contributed by atoms with E-state index in [9.17, 15) is 9.90 Å². The van der Waals surface area contributed by atoms with Crippen LogP contribution in [-0.4, -0.2) is 16.8 Å². The van der Waals surface area contributed by atoms with Crippen LogP contribution in [0.15, 0.2) is 54.6 Å². The standard InChI is InChI=1S/C18H21NO3/c1-18(2,3)22-17(21)19(13-14-7-5-4-6-8-14)15-9-11-16(20)12-10-15/h4-12,20H,13H2,1-3H3. The molecule has 0 heterocycles. The molecule has 0 aliphatic rings. The predicted octanol–water partition coefficient (Wildman–Crippen LogP) is 4.33. The van der Waals surface area contributed by atoms with Crippen molar-refractivity contribution in [3.05, 3.63) is 60.2 Å². The van der Waals surface area contributed by atoms with Crippen LogP contribution in [0.3, 0.4) is 0 Å². The van der Waals surface area contributed by atoms with E-state index in [1.54, 1.807) is 29.2 Å². The Kier molecular flexibility index (Phi) is 4.71. The number of carbonyl (C=O) groups excluding carboxylic acids is 1. The lowest BCUT2D eigenvalue weighted by molar-refractivity contribution is 0.0577. The molecular formula is C18H21NO3. The molecule has 0 aliphatic heterocycles. The summed E-state index contributed by atoms with van der Waals surface area (Å²) in [6.07, 6.45) is -0.415. The number of phenols is 1. The monoisotopic (exact) mass is 299 g/mol. The van der Waals surface area contributed by atoms with Crippen LogP contribution in [0.2, 0.25) is 0 Å². The first kappa shape index (κ1) is 15.9. The normalized spacial score (nSPS) is 11.0. The molecule has 0 unspecified atom stereocenters. The van der Waals surface area contributed by atoms with E-state index >= 15 is 0 Å². The number of carbonyl (C=O) groups is 1. The van der Waals surface area contributed by atoms with Gasteiger partial charge < -0.3 is 9.84 Å². The van der Waals surface area contributed by atoms with Gasteiger partial charge in [0.2, 0.25) is 0 Å². The van der Waals surface area contributed by atoms with E-state index in [-0.39, 0.29) is 5.75 Å². The van der Waals surface area contributed by atoms with E-state index in [1.807, 2.05) is 51.1 Å². The smallest absolute Gasteiger partial charge is 0.415 e. The molecule has 0 atom stereocenters. The molecule has 0 saturated heterocycles. The quantitative estimate of drug-likeness (QED) is 0.917. The Balaban J connectivity index is 2.27. The Bertz CT molecular complexity index is 615. The van der Waals surface area contributed by atoms with Gasteiger partial charge in [-0.15, -0.1) is 0 Å². The molecule has 1 amide bonds. The molecular weight excluding hydrogens is 278 g/mol. The summed E-state index contributed by atoms with van der Waals surface area (Å²) in [5.74, 6) is 0.160. The van der Waals surface area contributed by atoms with Crippen molar-refractivity contribution in [2.45, 2.75) is 32.9 Å². The van der Waals surface area contributed by atoms with Gasteiger partial charge in [0.15, 0.2) is 0 Å². The van der Waals surface area contributed by atoms with E-state index < -0.39 is 11.7 Å². The molecule has 0 saturated carbocycles. The minimum Gasteiger partial charge on any atom is -0.508 e. The average Bonchev–Trinajstić information content (AvgIpc) is 2.45. The molecule has 0 aromatic heterocycles. The molecule has 22 heavy (non-hydrogen) atoms. The summed E-state index contributed by atoms with van der Waals surface area (Å²) >= 11 is 0. The van der Waals surface area contributed by atoms with Crippen molar-refractivity contribution in [3.63, 3.8) is 0 Å². The molecule has 0 aliphatic carbocycles. The van der Waals surface area contributed by atoms with Gasteiger partial charge in [0.05, 0.1) is 6.54 Å². The fraction of sp³-hybridized carbons (Fsp3) is 0.278. The van der Waals surface area contributed by atoms with E-state index in [0.717, 1.165) is 5.56 Å². The summed E-state index contributed by atoms with van der Waals surface area (Å²) in [7, 11) is 0. The second-order valence-corrected chi connectivity index (χ2v) is 6.07. The van der Waals surface area contributed by atoms with Crippen molar-refractivity contribution in [2.24, 2.45) is 0 Å². The lowest BCUT2D eigenvalue weighted by Gasteiger charge is -2.27. The average molecular weight is 299 g/mol. The highest BCUT2D eigenvalue weighted by Crippen LogP contribution is 2.23. The third-order valence-electron chi connectivity index (χ3n) is 2.96. The van der Waals surface area contributed by atoms with Gasteiger partial charge in [0.25, 0.3) is 0 Å². The Hall–Kier alpha value is -2.49. The van der Waals surface area contributed by atoms with Crippen LogP contribution in [0.4, 0.5) is 10.5 Å². The second kappa shape index (κ2) is 6.52. The third kappa shape index (κ3) is 4.52. The van der Waals surface area contributed by atoms with Crippen molar-refractivity contribution in [2.75, 3.05) is 4.90 Å². The first-order chi connectivity index (χ1) is 10.3. The molecule has 0 fully saturated rings. The zero-order valence-corrected chi connectivity index (χ0v) is 13.1. The summed E-state index contributed by atoms with van der Waals surface area (Å²) in [5, 5.41) is 9.42. The van der Waals surface area contributed by atoms with Crippen molar-refractivity contribution in [1.29, 1.82) is 0 Å². The lowest BCUT2D eigenvalue weighted by atomic mass is 10.2. The minimum absolute atomic E-state index is 0.160. The number of anilines is 1. The van der Waals surface area contributed by atoms with Gasteiger partial charge in [-0.3, -0.25) is 4.90 Å². The van der Waals surface area contributed by atoms with E-state index in [0.29, 0.717) is 12.2 Å². The van der Waals surface area contributed by atoms with Crippen molar-refractivity contribution in [1.82, 2.24) is 0 Å². The summed E-state index contributed by atoms with van der Waals surface area (Å²) < 4.78 is 5.48. The van der Waals surface area contributed by atoms with Gasteiger partial charge in [0, 0.05) is 5.69 Å². The van der Waals surface area contributed by atoms with E-state index in [2.05, 4.69) is 0 Å². The maximum absolute atomic E-state index is 12.5. The van der Waals surface area contributed by atoms with Gasteiger partial charge >= 0.3 is 6.09 Å². The number of rotatable bonds is 3. The van der Waals surface area contributed by atoms with Crippen LogP contribution in [0, 0.1) is 0 Å². The Morgan fingerprint density at radius 1 is 1.05 bits per heavy atom. The number of nitrogens with zero attached hydrogens (tertiary/aromatic N) is 1. The number of hydrogen-bond donors (Lipinski definition) is 1. The maximum Gasteiger partial charge on any atom is 0.415 e. The van der Waals surface area contributed by atoms with Gasteiger partial charge in [-0.25, -0.2) is 4.79 Å². The number of amides is 1. The SMILES string of the molecule is CC(C)(C)OC(=O)N(Cc1ccccc1)c1ccc(O)cc1. The first-order valence-corrected chi connectivity index (χ1v) is 7.19. The van der Waals surface area contributed by atoms with E-state index in [4.69, 9.17) is 4.74 Å². The lowest BCUT2D eigenvalue weighted by Crippen LogP contribution is -2.36. The van der Waals surface area contributed by atoms with Crippen molar-refractivity contribution >= 4 is 11.8 Å². The van der Waals surface area contributed by atoms with Gasteiger partial charge in [-0.05, 0) is 50.6 Å². The molecule has 1 N–H and O–H groups in total. The van der Waals surface area contributed by atoms with Crippen LogP contribution < -0.4 is 4.90 Å². The Morgan fingerprint density at radius 2 is 1.64 bits per heavy atom. The molecule has 2 rings (SSSR count). The van der Waals surface area contributed by atoms with Crippen molar-refractivity contribution in [3.8, 4) is 5.75 Å². The maximum atomic E-state index is 12.5. The molecule has 116 valence electrons. The zero-order chi connectivity index (χ0) is 16.2. The summed E-state index contributed by atoms with van der Waals surface area (Å²) in [4.78, 5) is 14.0. The summed E-state index contributed by atoms with van der Waals surface area (Å²) in [6.45, 7) is 5.91. The second-order valence-electron chi connectivity index (χ2n) is 6.07. The topological polar surface area (TPSA) is 49.8 Å². The third-order valence-corrected chi connectivity index (χ3v) is 2.96. The number of benzene rings is 2. The number of aromatic hydroxyl groups is 1. The highest BCUT2D eigenvalue weighted by molar-refractivity contribution is 5.87. The zero-order valence-electron chi connectivity index (χ0n) is 13.1. The highest BCUT2D eigenvalue weighted by atomic mass is 16.6. The number of hydrogen-bond acceptors (Lipinski definition) is 3. The highest BCUT2D eigenvalue weighted by Gasteiger charge is 2.23. The van der Waals surface area contributed by atoms with Gasteiger partial charge in [0.1, 0.15) is 11.4 Å². The Morgan fingerprint density at radius 3 is 2.18 bits per heavy atom. The summed E-state index contributed by atoms with van der Waals surface area (Å²) in [6, 6.07) is 16.2. The number of ether oxygens (including phenoxy) is 1. The fourth-order valence-electron chi connectivity index (χ4n) is 1.98. The molecule has 4 heteroatoms. The van der Waals surface area contributed by atoms with Crippen LogP contribution in [0.25, 0.3) is 0 Å². The van der Waals surface area contributed by atoms with Gasteiger partial charge in [-0.1, -0.05) is 30.3 Å². The first-order valence-electron chi connectivity index (χ1n) is 7.19. The molecule has 0 radical (unpaired) electrons. The largest absolute Gasteiger partial charge is 0.508 e. The molecule has 4 nitrogen and oxygen atoms in total. The minimum atomic E-state index is -0.567. The molecule has 0 spiro atoms. The summed E-state index contributed by atoms with van der Waals surface area (Å²) in [5.41, 5.74) is 1.11. The fourth-order valence-corrected chi connectivity index (χ4v) is 1.98. The molecule has 2 aromatic rings. The predicted molar refractivity (Wildman–Crippen MR) is 87.0 cm³/mol. The molecule has 0 bridgehead atoms. The molecule has 2 aromatic carbocycles. The van der Waals surface area contributed by atoms with Crippen LogP contribution >= 0.6 is 0 Å². The van der Waals surface area contributed by atoms with Crippen LogP contribution in [0.1, 0.15) is 26.3 Å².